The zero-order valence-electron chi connectivity index (χ0n) is 16.1. The van der Waals surface area contributed by atoms with Crippen molar-refractivity contribution < 1.29 is 13.9 Å². The molecule has 1 aliphatic rings. The summed E-state index contributed by atoms with van der Waals surface area (Å²) in [6.07, 6.45) is 0. The molecule has 2 amide bonds. The van der Waals surface area contributed by atoms with Gasteiger partial charge in [-0.3, -0.25) is 0 Å². The van der Waals surface area contributed by atoms with Crippen LogP contribution in [-0.2, 0) is 6.61 Å². The van der Waals surface area contributed by atoms with Crippen molar-refractivity contribution in [1.29, 1.82) is 0 Å². The SMILES string of the molecule is O=C(Nc1ccc(F)c(Cl)c1)N1CCSC1c1cccc(OCc2ccccc2)c1. The Kier molecular flexibility index (Phi) is 6.45. The molecule has 1 fully saturated rings. The molecule has 0 saturated carbocycles. The van der Waals surface area contributed by atoms with Crippen molar-refractivity contribution >= 4 is 35.1 Å². The van der Waals surface area contributed by atoms with Crippen LogP contribution in [0.25, 0.3) is 0 Å². The van der Waals surface area contributed by atoms with Gasteiger partial charge in [0.2, 0.25) is 0 Å². The van der Waals surface area contributed by atoms with Gasteiger partial charge in [0.15, 0.2) is 0 Å². The van der Waals surface area contributed by atoms with E-state index in [9.17, 15) is 9.18 Å². The Morgan fingerprint density at radius 2 is 1.97 bits per heavy atom. The van der Waals surface area contributed by atoms with Gasteiger partial charge < -0.3 is 15.0 Å². The van der Waals surface area contributed by atoms with E-state index in [2.05, 4.69) is 5.32 Å². The van der Waals surface area contributed by atoms with E-state index in [-0.39, 0.29) is 16.4 Å². The number of rotatable bonds is 5. The Morgan fingerprint density at radius 1 is 1.13 bits per heavy atom. The van der Waals surface area contributed by atoms with Crippen LogP contribution in [0.4, 0.5) is 14.9 Å². The minimum Gasteiger partial charge on any atom is -0.489 e. The average molecular weight is 443 g/mol. The second-order valence-corrected chi connectivity index (χ2v) is 8.42. The molecule has 1 aliphatic heterocycles. The zero-order valence-corrected chi connectivity index (χ0v) is 17.6. The van der Waals surface area contributed by atoms with Gasteiger partial charge in [0.25, 0.3) is 0 Å². The Labute approximate surface area is 184 Å². The topological polar surface area (TPSA) is 41.6 Å². The summed E-state index contributed by atoms with van der Waals surface area (Å²) in [7, 11) is 0. The smallest absolute Gasteiger partial charge is 0.323 e. The molecule has 0 aliphatic carbocycles. The molecular weight excluding hydrogens is 423 g/mol. The minimum absolute atomic E-state index is 0.0246. The summed E-state index contributed by atoms with van der Waals surface area (Å²) >= 11 is 7.51. The van der Waals surface area contributed by atoms with Crippen molar-refractivity contribution in [2.24, 2.45) is 0 Å². The van der Waals surface area contributed by atoms with E-state index >= 15 is 0 Å². The van der Waals surface area contributed by atoms with Crippen LogP contribution in [0.3, 0.4) is 0 Å². The molecule has 0 bridgehead atoms. The zero-order chi connectivity index (χ0) is 20.9. The summed E-state index contributed by atoms with van der Waals surface area (Å²) in [5.41, 5.74) is 2.55. The molecule has 3 aromatic carbocycles. The fraction of sp³-hybridized carbons (Fsp3) is 0.174. The third-order valence-corrected chi connectivity index (χ3v) is 6.26. The molecule has 4 nitrogen and oxygen atoms in total. The lowest BCUT2D eigenvalue weighted by Gasteiger charge is -2.25. The molecule has 0 radical (unpaired) electrons. The van der Waals surface area contributed by atoms with E-state index < -0.39 is 5.82 Å². The highest BCUT2D eigenvalue weighted by molar-refractivity contribution is 7.99. The fourth-order valence-corrected chi connectivity index (χ4v) is 4.65. The van der Waals surface area contributed by atoms with E-state index in [1.165, 1.54) is 18.2 Å². The maximum absolute atomic E-state index is 13.4. The van der Waals surface area contributed by atoms with Gasteiger partial charge in [-0.05, 0) is 41.5 Å². The number of benzene rings is 3. The van der Waals surface area contributed by atoms with Crippen molar-refractivity contribution in [2.75, 3.05) is 17.6 Å². The molecule has 7 heteroatoms. The van der Waals surface area contributed by atoms with Gasteiger partial charge in [0.1, 0.15) is 23.5 Å². The van der Waals surface area contributed by atoms with Crippen molar-refractivity contribution in [3.8, 4) is 5.75 Å². The molecule has 0 spiro atoms. The molecule has 30 heavy (non-hydrogen) atoms. The first-order valence-electron chi connectivity index (χ1n) is 9.51. The summed E-state index contributed by atoms with van der Waals surface area (Å²) in [5, 5.41) is 2.66. The van der Waals surface area contributed by atoms with E-state index in [4.69, 9.17) is 16.3 Å². The van der Waals surface area contributed by atoms with Crippen LogP contribution in [0.1, 0.15) is 16.5 Å². The Morgan fingerprint density at radius 3 is 2.77 bits per heavy atom. The van der Waals surface area contributed by atoms with Gasteiger partial charge in [-0.1, -0.05) is 54.1 Å². The molecule has 1 atom stereocenters. The van der Waals surface area contributed by atoms with Crippen molar-refractivity contribution in [3.63, 3.8) is 0 Å². The number of hydrogen-bond donors (Lipinski definition) is 1. The lowest BCUT2D eigenvalue weighted by atomic mass is 10.2. The van der Waals surface area contributed by atoms with Crippen molar-refractivity contribution in [1.82, 2.24) is 4.90 Å². The highest BCUT2D eigenvalue weighted by Gasteiger charge is 2.31. The van der Waals surface area contributed by atoms with Crippen molar-refractivity contribution in [2.45, 2.75) is 12.0 Å². The number of hydrogen-bond acceptors (Lipinski definition) is 3. The van der Waals surface area contributed by atoms with Crippen LogP contribution >= 0.6 is 23.4 Å². The number of carbonyl (C=O) groups excluding carboxylic acids is 1. The molecule has 1 saturated heterocycles. The number of carbonyl (C=O) groups is 1. The summed E-state index contributed by atoms with van der Waals surface area (Å²) < 4.78 is 19.3. The number of urea groups is 1. The van der Waals surface area contributed by atoms with Crippen LogP contribution in [-0.4, -0.2) is 23.2 Å². The summed E-state index contributed by atoms with van der Waals surface area (Å²) in [6.45, 7) is 1.10. The number of nitrogens with zero attached hydrogens (tertiary/aromatic N) is 1. The molecule has 0 aromatic heterocycles. The molecule has 1 heterocycles. The Balaban J connectivity index is 1.44. The van der Waals surface area contributed by atoms with Crippen molar-refractivity contribution in [3.05, 3.63) is 94.8 Å². The van der Waals surface area contributed by atoms with E-state index in [0.29, 0.717) is 18.8 Å². The average Bonchev–Trinajstić information content (AvgIpc) is 3.26. The van der Waals surface area contributed by atoms with Gasteiger partial charge in [0.05, 0.1) is 5.02 Å². The first-order valence-corrected chi connectivity index (χ1v) is 10.9. The van der Waals surface area contributed by atoms with Crippen LogP contribution in [0.15, 0.2) is 72.8 Å². The predicted molar refractivity (Wildman–Crippen MR) is 120 cm³/mol. The standard InChI is InChI=1S/C23H20ClFN2O2S/c24-20-14-18(9-10-21(20)25)26-23(28)27-11-12-30-22(27)17-7-4-8-19(13-17)29-15-16-5-2-1-3-6-16/h1-10,13-14,22H,11-12,15H2,(H,26,28). The quantitative estimate of drug-likeness (QED) is 0.501. The number of anilines is 1. The lowest BCUT2D eigenvalue weighted by molar-refractivity contribution is 0.214. The summed E-state index contributed by atoms with van der Waals surface area (Å²) in [5.74, 6) is 1.07. The first kappa shape index (κ1) is 20.6. The second-order valence-electron chi connectivity index (χ2n) is 6.82. The number of halogens is 2. The molecule has 1 N–H and O–H groups in total. The third-order valence-electron chi connectivity index (χ3n) is 4.71. The largest absolute Gasteiger partial charge is 0.489 e. The number of amides is 2. The van der Waals surface area contributed by atoms with Gasteiger partial charge in [-0.15, -0.1) is 11.8 Å². The maximum atomic E-state index is 13.4. The molecule has 1 unspecified atom stereocenters. The Bertz CT molecular complexity index is 1030. The number of nitrogens with one attached hydrogen (secondary N) is 1. The molecular formula is C23H20ClFN2O2S. The molecule has 3 aromatic rings. The number of ether oxygens (including phenoxy) is 1. The van der Waals surface area contributed by atoms with Crippen LogP contribution in [0, 0.1) is 5.82 Å². The second kappa shape index (κ2) is 9.41. The van der Waals surface area contributed by atoms with Gasteiger partial charge in [-0.25, -0.2) is 9.18 Å². The van der Waals surface area contributed by atoms with Crippen LogP contribution in [0.2, 0.25) is 5.02 Å². The van der Waals surface area contributed by atoms with E-state index in [1.54, 1.807) is 16.7 Å². The summed E-state index contributed by atoms with van der Waals surface area (Å²) in [6, 6.07) is 21.7. The minimum atomic E-state index is -0.517. The summed E-state index contributed by atoms with van der Waals surface area (Å²) in [4.78, 5) is 14.6. The van der Waals surface area contributed by atoms with E-state index in [1.807, 2.05) is 54.6 Å². The Hall–Kier alpha value is -2.70. The first-order chi connectivity index (χ1) is 14.6. The maximum Gasteiger partial charge on any atom is 0.323 e. The molecule has 4 rings (SSSR count). The monoisotopic (exact) mass is 442 g/mol. The van der Waals surface area contributed by atoms with E-state index in [0.717, 1.165) is 22.6 Å². The van der Waals surface area contributed by atoms with Gasteiger partial charge in [-0.2, -0.15) is 0 Å². The third kappa shape index (κ3) is 4.89. The van der Waals surface area contributed by atoms with Crippen LogP contribution in [0.5, 0.6) is 5.75 Å². The predicted octanol–water partition coefficient (Wildman–Crippen LogP) is 6.34. The van der Waals surface area contributed by atoms with Crippen LogP contribution < -0.4 is 10.1 Å². The highest BCUT2D eigenvalue weighted by Crippen LogP contribution is 2.39. The highest BCUT2D eigenvalue weighted by atomic mass is 35.5. The van der Waals surface area contributed by atoms with Gasteiger partial charge >= 0.3 is 6.03 Å². The normalized spacial score (nSPS) is 15.8. The lowest BCUT2D eigenvalue weighted by Crippen LogP contribution is -2.34. The number of thioether (sulfide) groups is 1. The molecule has 154 valence electrons. The fourth-order valence-electron chi connectivity index (χ4n) is 3.22. The van der Waals surface area contributed by atoms with Gasteiger partial charge in [0, 0.05) is 18.0 Å².